The van der Waals surface area contributed by atoms with Gasteiger partial charge in [0.05, 0.1) is 0 Å². The van der Waals surface area contributed by atoms with Crippen molar-refractivity contribution in [3.63, 3.8) is 0 Å². The van der Waals surface area contributed by atoms with Gasteiger partial charge in [-0.05, 0) is 49.4 Å². The summed E-state index contributed by atoms with van der Waals surface area (Å²) in [5, 5.41) is 6.83. The van der Waals surface area contributed by atoms with Crippen LogP contribution in [0.25, 0.3) is 0 Å². The maximum Gasteiger partial charge on any atom is 0.255 e. The first-order chi connectivity index (χ1) is 12.4. The van der Waals surface area contributed by atoms with Crippen molar-refractivity contribution >= 4 is 53.1 Å². The lowest BCUT2D eigenvalue weighted by Crippen LogP contribution is -2.52. The summed E-state index contributed by atoms with van der Waals surface area (Å²) in [5.41, 5.74) is 1.57. The molecule has 2 aromatic rings. The number of nitrogens with zero attached hydrogens (tertiary/aromatic N) is 1. The second-order valence-corrected chi connectivity index (χ2v) is 7.11. The average molecular weight is 429 g/mol. The van der Waals surface area contributed by atoms with Gasteiger partial charge in [-0.3, -0.25) is 9.59 Å². The summed E-state index contributed by atoms with van der Waals surface area (Å²) in [6.45, 7) is 4.30. The van der Waals surface area contributed by atoms with Crippen LogP contribution in [0.15, 0.2) is 42.5 Å². The number of piperazine rings is 1. The van der Waals surface area contributed by atoms with E-state index in [1.54, 1.807) is 42.5 Å². The lowest BCUT2D eigenvalue weighted by atomic mass is 10.1. The van der Waals surface area contributed by atoms with Crippen molar-refractivity contribution in [3.8, 4) is 0 Å². The third kappa shape index (κ3) is 5.36. The quantitative estimate of drug-likeness (QED) is 0.773. The molecule has 144 valence electrons. The summed E-state index contributed by atoms with van der Waals surface area (Å²) < 4.78 is 0. The zero-order valence-electron chi connectivity index (χ0n) is 14.7. The molecule has 0 spiro atoms. The van der Waals surface area contributed by atoms with E-state index in [4.69, 9.17) is 23.2 Å². The van der Waals surface area contributed by atoms with E-state index in [1.165, 1.54) is 0 Å². The molecule has 0 saturated carbocycles. The Kier molecular flexibility index (Phi) is 7.50. The van der Waals surface area contributed by atoms with Crippen LogP contribution in [0.1, 0.15) is 27.6 Å². The molecule has 2 aromatic carbocycles. The molecule has 5 nitrogen and oxygen atoms in total. The third-order valence-corrected chi connectivity index (χ3v) is 4.71. The minimum Gasteiger partial charge on any atom is -0.333 e. The Morgan fingerprint density at radius 1 is 1.07 bits per heavy atom. The highest BCUT2D eigenvalue weighted by Gasteiger charge is 2.23. The molecule has 1 heterocycles. The van der Waals surface area contributed by atoms with Crippen LogP contribution in [-0.4, -0.2) is 42.4 Å². The maximum absolute atomic E-state index is 12.6. The lowest BCUT2D eigenvalue weighted by molar-refractivity contribution is 0.0655. The molecule has 27 heavy (non-hydrogen) atoms. The molecule has 2 N–H and O–H groups in total. The van der Waals surface area contributed by atoms with Crippen molar-refractivity contribution < 1.29 is 9.59 Å². The summed E-state index contributed by atoms with van der Waals surface area (Å²) in [5.74, 6) is -0.317. The number of nitrogens with one attached hydrogen (secondary N) is 2. The Hall–Kier alpha value is -1.79. The summed E-state index contributed by atoms with van der Waals surface area (Å²) in [6, 6.07) is 11.7. The summed E-state index contributed by atoms with van der Waals surface area (Å²) >= 11 is 11.9. The molecule has 0 aromatic heterocycles. The van der Waals surface area contributed by atoms with E-state index >= 15 is 0 Å². The molecule has 0 bridgehead atoms. The topological polar surface area (TPSA) is 61.4 Å². The third-order valence-electron chi connectivity index (χ3n) is 4.28. The van der Waals surface area contributed by atoms with Crippen LogP contribution in [0, 0.1) is 0 Å². The predicted molar refractivity (Wildman–Crippen MR) is 111 cm³/mol. The van der Waals surface area contributed by atoms with Gasteiger partial charge in [0.1, 0.15) is 0 Å². The van der Waals surface area contributed by atoms with Gasteiger partial charge in [0.15, 0.2) is 0 Å². The van der Waals surface area contributed by atoms with Gasteiger partial charge < -0.3 is 15.5 Å². The fourth-order valence-electron chi connectivity index (χ4n) is 2.89. The molecule has 8 heteroatoms. The van der Waals surface area contributed by atoms with Gasteiger partial charge in [-0.15, -0.1) is 12.4 Å². The number of anilines is 1. The standard InChI is InChI=1S/C19H19Cl2N3O2.ClH/c1-12-11-22-6-7-24(12)19(26)13-2-4-17(5-3-13)23-18(25)14-8-15(20)10-16(21)9-14;/h2-5,8-10,12,22H,6-7,11H2,1H3,(H,23,25);1H/t12-;/m1./s1. The van der Waals surface area contributed by atoms with E-state index in [1.807, 2.05) is 11.8 Å². The fourth-order valence-corrected chi connectivity index (χ4v) is 3.42. The number of carbonyl (C=O) groups excluding carboxylic acids is 2. The van der Waals surface area contributed by atoms with Gasteiger partial charge in [0.2, 0.25) is 0 Å². The van der Waals surface area contributed by atoms with Crippen LogP contribution in [0.5, 0.6) is 0 Å². The molecular weight excluding hydrogens is 409 g/mol. The first-order valence-corrected chi connectivity index (χ1v) is 9.09. The molecular formula is C19H20Cl3N3O2. The number of benzene rings is 2. The highest BCUT2D eigenvalue weighted by molar-refractivity contribution is 6.35. The van der Waals surface area contributed by atoms with E-state index in [2.05, 4.69) is 10.6 Å². The second kappa shape index (κ2) is 9.42. The van der Waals surface area contributed by atoms with Gasteiger partial charge >= 0.3 is 0 Å². The van der Waals surface area contributed by atoms with E-state index < -0.39 is 0 Å². The van der Waals surface area contributed by atoms with Crippen LogP contribution in [0.4, 0.5) is 5.69 Å². The summed E-state index contributed by atoms with van der Waals surface area (Å²) in [6.07, 6.45) is 0. The Morgan fingerprint density at radius 3 is 2.30 bits per heavy atom. The SMILES string of the molecule is C[C@@H]1CNCCN1C(=O)c1ccc(NC(=O)c2cc(Cl)cc(Cl)c2)cc1.Cl. The highest BCUT2D eigenvalue weighted by atomic mass is 35.5. The van der Waals surface area contributed by atoms with E-state index in [0.717, 1.165) is 13.1 Å². The minimum absolute atomic E-state index is 0. The van der Waals surface area contributed by atoms with E-state index in [0.29, 0.717) is 33.4 Å². The Bertz CT molecular complexity index is 807. The Balaban J connectivity index is 0.00000261. The molecule has 1 atom stereocenters. The number of halogens is 3. The van der Waals surface area contributed by atoms with Gasteiger partial charge in [-0.2, -0.15) is 0 Å². The number of rotatable bonds is 3. The Morgan fingerprint density at radius 2 is 1.70 bits per heavy atom. The van der Waals surface area contributed by atoms with Crippen molar-refractivity contribution in [3.05, 3.63) is 63.6 Å². The molecule has 1 aliphatic heterocycles. The van der Waals surface area contributed by atoms with Crippen LogP contribution in [-0.2, 0) is 0 Å². The number of hydrogen-bond acceptors (Lipinski definition) is 3. The van der Waals surface area contributed by atoms with E-state index in [9.17, 15) is 9.59 Å². The summed E-state index contributed by atoms with van der Waals surface area (Å²) in [7, 11) is 0. The number of carbonyl (C=O) groups is 2. The summed E-state index contributed by atoms with van der Waals surface area (Å²) in [4.78, 5) is 26.8. The first kappa shape index (κ1) is 21.5. The zero-order chi connectivity index (χ0) is 18.7. The second-order valence-electron chi connectivity index (χ2n) is 6.24. The molecule has 3 rings (SSSR count). The van der Waals surface area contributed by atoms with Crippen molar-refractivity contribution in [2.24, 2.45) is 0 Å². The molecule has 1 saturated heterocycles. The predicted octanol–water partition coefficient (Wildman–Crippen LogP) is 4.10. The van der Waals surface area contributed by atoms with Crippen molar-refractivity contribution in [2.45, 2.75) is 13.0 Å². The van der Waals surface area contributed by atoms with Crippen molar-refractivity contribution in [1.82, 2.24) is 10.2 Å². The minimum atomic E-state index is -0.316. The van der Waals surface area contributed by atoms with Gasteiger partial charge in [0, 0.05) is 52.5 Å². The van der Waals surface area contributed by atoms with Crippen LogP contribution >= 0.6 is 35.6 Å². The average Bonchev–Trinajstić information content (AvgIpc) is 2.61. The van der Waals surface area contributed by atoms with Gasteiger partial charge in [-0.1, -0.05) is 23.2 Å². The Labute approximate surface area is 174 Å². The monoisotopic (exact) mass is 427 g/mol. The van der Waals surface area contributed by atoms with Crippen LogP contribution in [0.3, 0.4) is 0 Å². The fraction of sp³-hybridized carbons (Fsp3) is 0.263. The lowest BCUT2D eigenvalue weighted by Gasteiger charge is -2.34. The van der Waals surface area contributed by atoms with Crippen LogP contribution < -0.4 is 10.6 Å². The molecule has 0 aliphatic carbocycles. The highest BCUT2D eigenvalue weighted by Crippen LogP contribution is 2.20. The van der Waals surface area contributed by atoms with Crippen molar-refractivity contribution in [2.75, 3.05) is 25.0 Å². The molecule has 0 unspecified atom stereocenters. The smallest absolute Gasteiger partial charge is 0.255 e. The van der Waals surface area contributed by atoms with Crippen molar-refractivity contribution in [1.29, 1.82) is 0 Å². The van der Waals surface area contributed by atoms with E-state index in [-0.39, 0.29) is 30.3 Å². The van der Waals surface area contributed by atoms with Gasteiger partial charge in [-0.25, -0.2) is 0 Å². The molecule has 1 aliphatic rings. The van der Waals surface area contributed by atoms with Gasteiger partial charge in [0.25, 0.3) is 11.8 Å². The normalized spacial score (nSPS) is 16.4. The molecule has 0 radical (unpaired) electrons. The molecule has 1 fully saturated rings. The largest absolute Gasteiger partial charge is 0.333 e. The van der Waals surface area contributed by atoms with Crippen LogP contribution in [0.2, 0.25) is 10.0 Å². The first-order valence-electron chi connectivity index (χ1n) is 8.33. The maximum atomic E-state index is 12.6. The zero-order valence-corrected chi connectivity index (χ0v) is 17.0. The number of hydrogen-bond donors (Lipinski definition) is 2. The number of amides is 2. The molecule has 2 amide bonds.